The van der Waals surface area contributed by atoms with Crippen molar-refractivity contribution in [2.45, 2.75) is 19.0 Å². The lowest BCUT2D eigenvalue weighted by molar-refractivity contribution is -0.139. The number of nitriles is 2. The first-order valence-electron chi connectivity index (χ1n) is 7.68. The highest BCUT2D eigenvalue weighted by atomic mass is 19.4. The van der Waals surface area contributed by atoms with E-state index in [0.29, 0.717) is 6.07 Å². The van der Waals surface area contributed by atoms with Crippen molar-refractivity contribution in [2.75, 3.05) is 5.43 Å². The third-order valence-corrected chi connectivity index (χ3v) is 3.47. The van der Waals surface area contributed by atoms with Crippen molar-refractivity contribution >= 4 is 11.4 Å². The second kappa shape index (κ2) is 8.52. The van der Waals surface area contributed by atoms with E-state index in [9.17, 15) is 26.3 Å². The summed E-state index contributed by atoms with van der Waals surface area (Å²) in [5.74, 6) is -0.548. The molecule has 0 fully saturated rings. The van der Waals surface area contributed by atoms with Crippen molar-refractivity contribution in [1.82, 2.24) is 0 Å². The van der Waals surface area contributed by atoms with Crippen molar-refractivity contribution in [3.05, 3.63) is 59.2 Å². The van der Waals surface area contributed by atoms with Gasteiger partial charge in [0, 0.05) is 0 Å². The largest absolute Gasteiger partial charge is 0.488 e. The first-order valence-corrected chi connectivity index (χ1v) is 7.68. The Morgan fingerprint density at radius 1 is 0.931 bits per heavy atom. The van der Waals surface area contributed by atoms with Gasteiger partial charge in [-0.2, -0.15) is 42.0 Å². The van der Waals surface area contributed by atoms with Crippen molar-refractivity contribution in [3.8, 4) is 17.9 Å². The van der Waals surface area contributed by atoms with Gasteiger partial charge in [0.1, 0.15) is 24.5 Å². The van der Waals surface area contributed by atoms with Crippen LogP contribution in [0.3, 0.4) is 0 Å². The molecule has 0 aliphatic rings. The molecular formula is C18H10F6N4O. The molecule has 0 saturated carbocycles. The van der Waals surface area contributed by atoms with Gasteiger partial charge < -0.3 is 4.74 Å². The van der Waals surface area contributed by atoms with Crippen LogP contribution < -0.4 is 10.2 Å². The summed E-state index contributed by atoms with van der Waals surface area (Å²) in [7, 11) is 0. The standard InChI is InChI=1S/C18H10F6N4O/c19-17(20,21)12-3-1-11(2-4-12)10-29-16-6-5-13(7-15(16)18(22,23)24)27-28-14(8-25)9-26/h1-7,27H,10H2. The van der Waals surface area contributed by atoms with E-state index in [2.05, 4.69) is 10.5 Å². The highest BCUT2D eigenvalue weighted by Gasteiger charge is 2.35. The maximum atomic E-state index is 13.3. The van der Waals surface area contributed by atoms with Crippen LogP contribution in [0.1, 0.15) is 16.7 Å². The Morgan fingerprint density at radius 3 is 2.07 bits per heavy atom. The number of ether oxygens (including phenoxy) is 1. The Balaban J connectivity index is 2.21. The molecule has 0 bridgehead atoms. The SMILES string of the molecule is N#CC(C#N)=NNc1ccc(OCc2ccc(C(F)(F)F)cc2)c(C(F)(F)F)c1. The summed E-state index contributed by atoms with van der Waals surface area (Å²) in [4.78, 5) is 0. The monoisotopic (exact) mass is 412 g/mol. The van der Waals surface area contributed by atoms with Crippen LogP contribution in [-0.4, -0.2) is 5.71 Å². The fourth-order valence-electron chi connectivity index (χ4n) is 2.09. The van der Waals surface area contributed by atoms with Gasteiger partial charge in [0.05, 0.1) is 16.8 Å². The topological polar surface area (TPSA) is 81.2 Å². The summed E-state index contributed by atoms with van der Waals surface area (Å²) in [6.45, 7) is -0.390. The van der Waals surface area contributed by atoms with Crippen LogP contribution in [0.5, 0.6) is 5.75 Å². The van der Waals surface area contributed by atoms with E-state index in [1.807, 2.05) is 0 Å². The van der Waals surface area contributed by atoms with Crippen molar-refractivity contribution in [3.63, 3.8) is 0 Å². The molecule has 29 heavy (non-hydrogen) atoms. The summed E-state index contributed by atoms with van der Waals surface area (Å²) in [5.41, 5.74) is -0.384. The number of hydrogen-bond donors (Lipinski definition) is 1. The van der Waals surface area contributed by atoms with E-state index < -0.39 is 34.9 Å². The van der Waals surface area contributed by atoms with Crippen LogP contribution in [0.15, 0.2) is 47.6 Å². The van der Waals surface area contributed by atoms with Crippen LogP contribution in [0.2, 0.25) is 0 Å². The van der Waals surface area contributed by atoms with Crippen molar-refractivity contribution in [2.24, 2.45) is 5.10 Å². The zero-order valence-electron chi connectivity index (χ0n) is 14.3. The van der Waals surface area contributed by atoms with Crippen LogP contribution >= 0.6 is 0 Å². The summed E-state index contributed by atoms with van der Waals surface area (Å²) in [6.07, 6.45) is -9.32. The number of nitrogens with one attached hydrogen (secondary N) is 1. The molecule has 0 aliphatic carbocycles. The van der Waals surface area contributed by atoms with Crippen LogP contribution in [-0.2, 0) is 19.0 Å². The van der Waals surface area contributed by atoms with Gasteiger partial charge in [-0.3, -0.25) is 5.43 Å². The number of halogens is 6. The third kappa shape index (κ3) is 5.87. The van der Waals surface area contributed by atoms with Crippen molar-refractivity contribution in [1.29, 1.82) is 10.5 Å². The highest BCUT2D eigenvalue weighted by molar-refractivity contribution is 6.10. The zero-order valence-corrected chi connectivity index (χ0v) is 14.3. The summed E-state index contributed by atoms with van der Waals surface area (Å²) >= 11 is 0. The second-order valence-corrected chi connectivity index (χ2v) is 5.49. The van der Waals surface area contributed by atoms with Gasteiger partial charge in [-0.05, 0) is 35.9 Å². The molecule has 11 heteroatoms. The van der Waals surface area contributed by atoms with Gasteiger partial charge in [-0.1, -0.05) is 12.1 Å². The molecule has 2 aromatic carbocycles. The molecule has 2 rings (SSSR count). The maximum absolute atomic E-state index is 13.3. The Morgan fingerprint density at radius 2 is 1.55 bits per heavy atom. The number of alkyl halides is 6. The van der Waals surface area contributed by atoms with E-state index >= 15 is 0 Å². The molecule has 0 radical (unpaired) electrons. The predicted molar refractivity (Wildman–Crippen MR) is 89.5 cm³/mol. The molecular weight excluding hydrogens is 402 g/mol. The fraction of sp³-hybridized carbons (Fsp3) is 0.167. The number of anilines is 1. The lowest BCUT2D eigenvalue weighted by Crippen LogP contribution is -2.10. The molecule has 1 N–H and O–H groups in total. The van der Waals surface area contributed by atoms with Gasteiger partial charge in [0.25, 0.3) is 0 Å². The Kier molecular flexibility index (Phi) is 6.34. The maximum Gasteiger partial charge on any atom is 0.420 e. The minimum Gasteiger partial charge on any atom is -0.488 e. The normalized spacial score (nSPS) is 11.2. The molecule has 0 aliphatic heterocycles. The molecule has 2 aromatic rings. The molecule has 0 atom stereocenters. The number of benzene rings is 2. The average molecular weight is 412 g/mol. The quantitative estimate of drug-likeness (QED) is 0.420. The molecule has 150 valence electrons. The molecule has 0 heterocycles. The summed E-state index contributed by atoms with van der Waals surface area (Å²) in [5, 5.41) is 20.5. The van der Waals surface area contributed by atoms with Gasteiger partial charge in [-0.15, -0.1) is 0 Å². The van der Waals surface area contributed by atoms with Crippen LogP contribution in [0.25, 0.3) is 0 Å². The average Bonchev–Trinajstić information content (AvgIpc) is 2.66. The van der Waals surface area contributed by atoms with E-state index in [4.69, 9.17) is 15.3 Å². The molecule has 0 amide bonds. The fourth-order valence-corrected chi connectivity index (χ4v) is 2.09. The molecule has 0 aromatic heterocycles. The van der Waals surface area contributed by atoms with Crippen LogP contribution in [0, 0.1) is 22.7 Å². The molecule has 0 unspecified atom stereocenters. The van der Waals surface area contributed by atoms with Crippen molar-refractivity contribution < 1.29 is 31.1 Å². The highest BCUT2D eigenvalue weighted by Crippen LogP contribution is 2.38. The smallest absolute Gasteiger partial charge is 0.420 e. The predicted octanol–water partition coefficient (Wildman–Crippen LogP) is 5.12. The number of hydrazone groups is 1. The van der Waals surface area contributed by atoms with E-state index in [1.54, 1.807) is 0 Å². The third-order valence-electron chi connectivity index (χ3n) is 3.47. The van der Waals surface area contributed by atoms with E-state index in [-0.39, 0.29) is 17.9 Å². The minimum absolute atomic E-state index is 0.151. The Bertz CT molecular complexity index is 966. The zero-order chi connectivity index (χ0) is 21.7. The van der Waals surface area contributed by atoms with Gasteiger partial charge in [0.2, 0.25) is 5.71 Å². The lowest BCUT2D eigenvalue weighted by Gasteiger charge is -2.15. The molecule has 0 saturated heterocycles. The van der Waals surface area contributed by atoms with Gasteiger partial charge >= 0.3 is 12.4 Å². The second-order valence-electron chi connectivity index (χ2n) is 5.49. The Hall–Kier alpha value is -3.73. The first-order chi connectivity index (χ1) is 13.5. The number of nitrogens with zero attached hydrogens (tertiary/aromatic N) is 3. The molecule has 5 nitrogen and oxygen atoms in total. The van der Waals surface area contributed by atoms with Crippen LogP contribution in [0.4, 0.5) is 32.0 Å². The lowest BCUT2D eigenvalue weighted by atomic mass is 10.1. The summed E-state index contributed by atoms with van der Waals surface area (Å²) < 4.78 is 82.6. The van der Waals surface area contributed by atoms with E-state index in [1.165, 1.54) is 18.2 Å². The number of hydrogen-bond acceptors (Lipinski definition) is 5. The first kappa shape index (κ1) is 21.6. The van der Waals surface area contributed by atoms with Gasteiger partial charge in [0.15, 0.2) is 0 Å². The summed E-state index contributed by atoms with van der Waals surface area (Å²) in [6, 6.07) is 9.52. The minimum atomic E-state index is -4.80. The Labute approximate surface area is 160 Å². The van der Waals surface area contributed by atoms with E-state index in [0.717, 1.165) is 30.3 Å². The molecule has 0 spiro atoms. The number of rotatable bonds is 5. The van der Waals surface area contributed by atoms with Gasteiger partial charge in [-0.25, -0.2) is 0 Å².